The first-order chi connectivity index (χ1) is 11.7. The topological polar surface area (TPSA) is 46.8 Å². The van der Waals surface area contributed by atoms with E-state index in [1.165, 1.54) is 24.5 Å². The lowest BCUT2D eigenvalue weighted by molar-refractivity contribution is 0.275. The third kappa shape index (κ3) is 4.36. The van der Waals surface area contributed by atoms with Gasteiger partial charge in [-0.05, 0) is 30.3 Å². The summed E-state index contributed by atoms with van der Waals surface area (Å²) in [7, 11) is 1.44. The van der Waals surface area contributed by atoms with Gasteiger partial charge in [-0.1, -0.05) is 18.2 Å². The fourth-order valence-electron chi connectivity index (χ4n) is 2.40. The number of ether oxygens (including phenoxy) is 1. The zero-order chi connectivity index (χ0) is 16.9. The third-order valence-corrected chi connectivity index (χ3v) is 4.41. The first-order valence-electron chi connectivity index (χ1n) is 7.46. The average molecular weight is 425 g/mol. The first-order valence-corrected chi connectivity index (χ1v) is 8.34. The molecule has 0 atom stereocenters. The van der Waals surface area contributed by atoms with E-state index in [1.54, 1.807) is 12.1 Å². The quantitative estimate of drug-likeness (QED) is 0.667. The SMILES string of the molecule is Br.COc1ccc(-c2csc(=Nc3ccccc3)n2CCO)cc1F. The van der Waals surface area contributed by atoms with Crippen LogP contribution in [0.15, 0.2) is 58.9 Å². The fraction of sp³-hybridized carbons (Fsp3) is 0.167. The summed E-state index contributed by atoms with van der Waals surface area (Å²) in [4.78, 5) is 5.37. The molecule has 0 fully saturated rings. The molecule has 1 aromatic heterocycles. The molecule has 0 saturated heterocycles. The van der Waals surface area contributed by atoms with Crippen molar-refractivity contribution in [2.75, 3.05) is 13.7 Å². The van der Waals surface area contributed by atoms with Crippen LogP contribution in [0.1, 0.15) is 0 Å². The van der Waals surface area contributed by atoms with Gasteiger partial charge in [0.15, 0.2) is 16.4 Å². The standard InChI is InChI=1S/C18H17FN2O2S.BrH/c1-23-17-8-7-13(11-15(17)19)16-12-24-18(21(16)9-10-22)20-14-5-3-2-4-6-14;/h2-8,11-12,22H,9-10H2,1H3;1H. The van der Waals surface area contributed by atoms with Crippen LogP contribution in [-0.2, 0) is 6.54 Å². The van der Waals surface area contributed by atoms with Crippen molar-refractivity contribution >= 4 is 34.0 Å². The largest absolute Gasteiger partial charge is 0.494 e. The number of benzene rings is 2. The molecule has 1 N–H and O–H groups in total. The number of nitrogens with zero attached hydrogens (tertiary/aromatic N) is 2. The second-order valence-corrected chi connectivity index (χ2v) is 5.91. The average Bonchev–Trinajstić information content (AvgIpc) is 2.99. The van der Waals surface area contributed by atoms with Crippen molar-refractivity contribution in [2.45, 2.75) is 6.54 Å². The zero-order valence-corrected chi connectivity index (χ0v) is 16.1. The summed E-state index contributed by atoms with van der Waals surface area (Å²) in [6, 6.07) is 14.4. The van der Waals surface area contributed by atoms with Gasteiger partial charge in [0.05, 0.1) is 25.1 Å². The lowest BCUT2D eigenvalue weighted by Gasteiger charge is -2.09. The van der Waals surface area contributed by atoms with Gasteiger partial charge in [0, 0.05) is 17.5 Å². The van der Waals surface area contributed by atoms with Crippen molar-refractivity contribution in [2.24, 2.45) is 4.99 Å². The van der Waals surface area contributed by atoms with E-state index in [4.69, 9.17) is 4.74 Å². The summed E-state index contributed by atoms with van der Waals surface area (Å²) in [6.07, 6.45) is 0. The number of rotatable bonds is 5. The van der Waals surface area contributed by atoms with Crippen molar-refractivity contribution in [3.05, 3.63) is 64.5 Å². The number of para-hydroxylation sites is 1. The van der Waals surface area contributed by atoms with Crippen molar-refractivity contribution in [1.29, 1.82) is 0 Å². The molecule has 7 heteroatoms. The van der Waals surface area contributed by atoms with Gasteiger partial charge in [0.25, 0.3) is 0 Å². The zero-order valence-electron chi connectivity index (χ0n) is 13.6. The molecule has 25 heavy (non-hydrogen) atoms. The molecular formula is C18H18BrFN2O2S. The Bertz CT molecular complexity index is 894. The Kier molecular flexibility index (Phi) is 6.92. The van der Waals surface area contributed by atoms with Crippen LogP contribution in [0.5, 0.6) is 5.75 Å². The first kappa shape index (κ1) is 19.4. The number of hydrogen-bond acceptors (Lipinski definition) is 4. The molecular weight excluding hydrogens is 407 g/mol. The van der Waals surface area contributed by atoms with Crippen molar-refractivity contribution < 1.29 is 14.2 Å². The van der Waals surface area contributed by atoms with Gasteiger partial charge in [-0.2, -0.15) is 0 Å². The molecule has 3 rings (SSSR count). The molecule has 2 aromatic carbocycles. The summed E-state index contributed by atoms with van der Waals surface area (Å²) >= 11 is 1.45. The summed E-state index contributed by atoms with van der Waals surface area (Å²) in [6.45, 7) is 0.364. The smallest absolute Gasteiger partial charge is 0.190 e. The fourth-order valence-corrected chi connectivity index (χ4v) is 3.36. The van der Waals surface area contributed by atoms with Gasteiger partial charge in [0.1, 0.15) is 0 Å². The lowest BCUT2D eigenvalue weighted by atomic mass is 10.1. The van der Waals surface area contributed by atoms with Gasteiger partial charge in [-0.3, -0.25) is 0 Å². The molecule has 132 valence electrons. The predicted octanol–water partition coefficient (Wildman–Crippen LogP) is 4.17. The number of aliphatic hydroxyl groups is 1. The normalized spacial score (nSPS) is 11.2. The maximum absolute atomic E-state index is 14.0. The van der Waals surface area contributed by atoms with E-state index in [0.29, 0.717) is 12.1 Å². The van der Waals surface area contributed by atoms with E-state index in [2.05, 4.69) is 4.99 Å². The number of aromatic nitrogens is 1. The van der Waals surface area contributed by atoms with Crippen LogP contribution in [0.2, 0.25) is 0 Å². The maximum atomic E-state index is 14.0. The monoisotopic (exact) mass is 424 g/mol. The molecule has 0 amide bonds. The lowest BCUT2D eigenvalue weighted by Crippen LogP contribution is -2.17. The molecule has 0 spiro atoms. The molecule has 0 unspecified atom stereocenters. The van der Waals surface area contributed by atoms with Crippen LogP contribution >= 0.6 is 28.3 Å². The van der Waals surface area contributed by atoms with Crippen LogP contribution in [0.25, 0.3) is 11.3 Å². The number of aliphatic hydroxyl groups excluding tert-OH is 1. The minimum absolute atomic E-state index is 0. The second-order valence-electron chi connectivity index (χ2n) is 5.08. The van der Waals surface area contributed by atoms with Gasteiger partial charge in [-0.25, -0.2) is 9.38 Å². The Morgan fingerprint density at radius 1 is 1.20 bits per heavy atom. The van der Waals surface area contributed by atoms with Crippen LogP contribution in [0.3, 0.4) is 0 Å². The van der Waals surface area contributed by atoms with E-state index in [-0.39, 0.29) is 29.3 Å². The maximum Gasteiger partial charge on any atom is 0.190 e. The highest BCUT2D eigenvalue weighted by Crippen LogP contribution is 2.26. The van der Waals surface area contributed by atoms with Crippen molar-refractivity contribution in [3.8, 4) is 17.0 Å². The molecule has 0 bridgehead atoms. The van der Waals surface area contributed by atoms with Gasteiger partial charge in [-0.15, -0.1) is 28.3 Å². The number of hydrogen-bond donors (Lipinski definition) is 1. The summed E-state index contributed by atoms with van der Waals surface area (Å²) in [5.74, 6) is -0.213. The van der Waals surface area contributed by atoms with Gasteiger partial charge < -0.3 is 14.4 Å². The van der Waals surface area contributed by atoms with Crippen molar-refractivity contribution in [3.63, 3.8) is 0 Å². The highest BCUT2D eigenvalue weighted by atomic mass is 79.9. The van der Waals surface area contributed by atoms with Gasteiger partial charge in [0.2, 0.25) is 0 Å². The summed E-state index contributed by atoms with van der Waals surface area (Å²) in [5.41, 5.74) is 2.36. The van der Waals surface area contributed by atoms with E-state index < -0.39 is 5.82 Å². The molecule has 0 aliphatic heterocycles. The van der Waals surface area contributed by atoms with E-state index in [0.717, 1.165) is 16.2 Å². The molecule has 3 aromatic rings. The Morgan fingerprint density at radius 3 is 2.60 bits per heavy atom. The molecule has 1 heterocycles. The van der Waals surface area contributed by atoms with Gasteiger partial charge >= 0.3 is 0 Å². The summed E-state index contributed by atoms with van der Waals surface area (Å²) in [5, 5.41) is 11.3. The Balaban J connectivity index is 0.00000225. The molecule has 0 aliphatic carbocycles. The highest BCUT2D eigenvalue weighted by molar-refractivity contribution is 8.93. The second kappa shape index (κ2) is 8.94. The Hall–Kier alpha value is -1.96. The van der Waals surface area contributed by atoms with Crippen LogP contribution in [0.4, 0.5) is 10.1 Å². The Labute approximate surface area is 159 Å². The van der Waals surface area contributed by atoms with E-state index in [1.807, 2.05) is 40.3 Å². The molecule has 0 saturated carbocycles. The molecule has 0 aliphatic rings. The van der Waals surface area contributed by atoms with E-state index in [9.17, 15) is 9.50 Å². The minimum Gasteiger partial charge on any atom is -0.494 e. The minimum atomic E-state index is -0.418. The van der Waals surface area contributed by atoms with E-state index >= 15 is 0 Å². The van der Waals surface area contributed by atoms with Crippen LogP contribution in [-0.4, -0.2) is 23.4 Å². The third-order valence-electron chi connectivity index (χ3n) is 3.55. The van der Waals surface area contributed by atoms with Crippen LogP contribution < -0.4 is 9.54 Å². The molecule has 4 nitrogen and oxygen atoms in total. The number of thiazole rings is 1. The predicted molar refractivity (Wildman–Crippen MR) is 103 cm³/mol. The van der Waals surface area contributed by atoms with Crippen LogP contribution in [0, 0.1) is 5.82 Å². The Morgan fingerprint density at radius 2 is 1.96 bits per heavy atom. The highest BCUT2D eigenvalue weighted by Gasteiger charge is 2.11. The van der Waals surface area contributed by atoms with Crippen molar-refractivity contribution in [1.82, 2.24) is 4.57 Å². The molecule has 0 radical (unpaired) electrons. The summed E-state index contributed by atoms with van der Waals surface area (Å²) < 4.78 is 20.9. The number of methoxy groups -OCH3 is 1. The number of halogens is 2.